The van der Waals surface area contributed by atoms with Crippen molar-refractivity contribution < 1.29 is 8.90 Å². The van der Waals surface area contributed by atoms with E-state index in [-0.39, 0.29) is 0 Å². The Morgan fingerprint density at radius 3 is 2.75 bits per heavy atom. The van der Waals surface area contributed by atoms with Crippen LogP contribution in [0.3, 0.4) is 0 Å². The molecule has 0 aromatic carbocycles. The Morgan fingerprint density at radius 2 is 2.12 bits per heavy atom. The van der Waals surface area contributed by atoms with Crippen LogP contribution in [0, 0.1) is 0 Å². The molecular weight excluding hydrogens is 202 g/mol. The first-order valence-electron chi connectivity index (χ1n) is 5.19. The summed E-state index contributed by atoms with van der Waals surface area (Å²) < 4.78 is 6.25. The zero-order chi connectivity index (χ0) is 11.6. The van der Waals surface area contributed by atoms with E-state index < -0.39 is 0 Å². The van der Waals surface area contributed by atoms with Crippen molar-refractivity contribution >= 4 is 0 Å². The van der Waals surface area contributed by atoms with E-state index in [1.54, 1.807) is 12.4 Å². The van der Waals surface area contributed by atoms with Crippen LogP contribution in [0.25, 0.3) is 11.3 Å². The lowest BCUT2D eigenvalue weighted by Crippen LogP contribution is -2.33. The van der Waals surface area contributed by atoms with Gasteiger partial charge in [0.25, 0.3) is 0 Å². The second kappa shape index (κ2) is 4.06. The third-order valence-electron chi connectivity index (χ3n) is 2.19. The van der Waals surface area contributed by atoms with Crippen LogP contribution in [-0.2, 0) is 6.54 Å². The molecule has 0 bridgehead atoms. The molecule has 0 saturated carbocycles. The Kier molecular flexibility index (Phi) is 2.75. The zero-order valence-electron chi connectivity index (χ0n) is 9.84. The molecule has 2 aromatic heterocycles. The highest BCUT2D eigenvalue weighted by Crippen LogP contribution is 2.23. The second-order valence-electron chi connectivity index (χ2n) is 4.82. The Bertz CT molecular complexity index is 457. The molecule has 4 heteroatoms. The fourth-order valence-corrected chi connectivity index (χ4v) is 1.56. The lowest BCUT2D eigenvalue weighted by molar-refractivity contribution is -0.884. The predicted molar refractivity (Wildman–Crippen MR) is 61.5 cm³/mol. The molecule has 0 amide bonds. The van der Waals surface area contributed by atoms with Gasteiger partial charge in [0.15, 0.2) is 12.2 Å². The molecule has 0 fully saturated rings. The first-order chi connectivity index (χ1) is 7.56. The van der Waals surface area contributed by atoms with E-state index in [2.05, 4.69) is 31.1 Å². The summed E-state index contributed by atoms with van der Waals surface area (Å²) >= 11 is 0. The maximum absolute atomic E-state index is 5.44. The van der Waals surface area contributed by atoms with E-state index in [1.165, 1.54) is 6.39 Å². The van der Waals surface area contributed by atoms with Gasteiger partial charge < -0.3 is 8.90 Å². The molecular formula is C12H16N3O+. The summed E-state index contributed by atoms with van der Waals surface area (Å²) in [6.45, 7) is 0.834. The molecule has 2 rings (SSSR count). The number of pyridine rings is 1. The van der Waals surface area contributed by atoms with E-state index in [0.29, 0.717) is 0 Å². The fraction of sp³-hybridized carbons (Fsp3) is 0.333. The average molecular weight is 218 g/mol. The molecule has 0 aliphatic rings. The lowest BCUT2D eigenvalue weighted by atomic mass is 10.2. The number of hydrogen-bond donors (Lipinski definition) is 0. The normalized spacial score (nSPS) is 11.7. The quantitative estimate of drug-likeness (QED) is 0.739. The van der Waals surface area contributed by atoms with Crippen molar-refractivity contribution in [3.8, 4) is 11.3 Å². The number of nitrogens with zero attached hydrogens (tertiary/aromatic N) is 3. The van der Waals surface area contributed by atoms with Gasteiger partial charge in [0, 0.05) is 18.0 Å². The van der Waals surface area contributed by atoms with Gasteiger partial charge in [0.2, 0.25) is 0 Å². The monoisotopic (exact) mass is 218 g/mol. The van der Waals surface area contributed by atoms with E-state index in [1.807, 2.05) is 12.1 Å². The highest BCUT2D eigenvalue weighted by Gasteiger charge is 2.17. The summed E-state index contributed by atoms with van der Waals surface area (Å²) in [5.41, 5.74) is 1.95. The van der Waals surface area contributed by atoms with Crippen molar-refractivity contribution in [3.63, 3.8) is 0 Å². The van der Waals surface area contributed by atoms with Gasteiger partial charge in [-0.15, -0.1) is 0 Å². The van der Waals surface area contributed by atoms with Crippen LogP contribution in [0.2, 0.25) is 0 Å². The van der Waals surface area contributed by atoms with Crippen molar-refractivity contribution in [2.24, 2.45) is 0 Å². The van der Waals surface area contributed by atoms with Crippen LogP contribution in [0.5, 0.6) is 0 Å². The van der Waals surface area contributed by atoms with Crippen molar-refractivity contribution in [1.29, 1.82) is 0 Å². The molecule has 16 heavy (non-hydrogen) atoms. The Labute approximate surface area is 95.2 Å². The van der Waals surface area contributed by atoms with E-state index in [9.17, 15) is 0 Å². The molecule has 84 valence electrons. The molecule has 0 spiro atoms. The Hall–Kier alpha value is -1.68. The zero-order valence-corrected chi connectivity index (χ0v) is 9.84. The van der Waals surface area contributed by atoms with Gasteiger partial charge in [-0.1, -0.05) is 0 Å². The molecule has 0 aliphatic carbocycles. The van der Waals surface area contributed by atoms with E-state index in [0.717, 1.165) is 28.0 Å². The van der Waals surface area contributed by atoms with E-state index >= 15 is 0 Å². The van der Waals surface area contributed by atoms with Crippen LogP contribution >= 0.6 is 0 Å². The Morgan fingerprint density at radius 1 is 1.31 bits per heavy atom. The third kappa shape index (κ3) is 2.46. The van der Waals surface area contributed by atoms with Crippen LogP contribution in [0.4, 0.5) is 0 Å². The molecule has 0 atom stereocenters. The van der Waals surface area contributed by atoms with E-state index in [4.69, 9.17) is 4.42 Å². The standard InChI is InChI=1S/C12H16N3O/c1-15(2,3)8-11-12(16-9-14-11)10-5-4-6-13-7-10/h4-7,9H,8H2,1-3H3/q+1. The maximum Gasteiger partial charge on any atom is 0.181 e. The molecule has 0 unspecified atom stereocenters. The number of oxazole rings is 1. The van der Waals surface area contributed by atoms with Gasteiger partial charge in [-0.2, -0.15) is 0 Å². The highest BCUT2D eigenvalue weighted by molar-refractivity contribution is 5.57. The van der Waals surface area contributed by atoms with Crippen molar-refractivity contribution in [3.05, 3.63) is 36.6 Å². The average Bonchev–Trinajstić information content (AvgIpc) is 2.64. The van der Waals surface area contributed by atoms with Gasteiger partial charge in [-0.05, 0) is 12.1 Å². The summed E-state index contributed by atoms with van der Waals surface area (Å²) in [5, 5.41) is 0. The minimum atomic E-state index is 0.819. The minimum Gasteiger partial charge on any atom is -0.443 e. The molecule has 0 radical (unpaired) electrons. The van der Waals surface area contributed by atoms with Crippen molar-refractivity contribution in [1.82, 2.24) is 9.97 Å². The summed E-state index contributed by atoms with van der Waals surface area (Å²) in [6, 6.07) is 3.88. The lowest BCUT2D eigenvalue weighted by Gasteiger charge is -2.22. The van der Waals surface area contributed by atoms with Gasteiger partial charge in [-0.25, -0.2) is 4.98 Å². The topological polar surface area (TPSA) is 38.9 Å². The largest absolute Gasteiger partial charge is 0.443 e. The summed E-state index contributed by atoms with van der Waals surface area (Å²) in [5.74, 6) is 0.821. The van der Waals surface area contributed by atoms with Gasteiger partial charge >= 0.3 is 0 Å². The first-order valence-corrected chi connectivity index (χ1v) is 5.19. The number of rotatable bonds is 3. The SMILES string of the molecule is C[N+](C)(C)Cc1ncoc1-c1cccnc1. The predicted octanol–water partition coefficient (Wildman–Crippen LogP) is 1.94. The smallest absolute Gasteiger partial charge is 0.181 e. The second-order valence-corrected chi connectivity index (χ2v) is 4.82. The van der Waals surface area contributed by atoms with Crippen LogP contribution < -0.4 is 0 Å². The Balaban J connectivity index is 2.33. The number of hydrogen-bond acceptors (Lipinski definition) is 3. The maximum atomic E-state index is 5.44. The summed E-state index contributed by atoms with van der Waals surface area (Å²) in [6.07, 6.45) is 5.03. The van der Waals surface area contributed by atoms with Crippen molar-refractivity contribution in [2.75, 3.05) is 21.1 Å². The molecule has 0 aliphatic heterocycles. The molecule has 2 heterocycles. The van der Waals surface area contributed by atoms with Crippen molar-refractivity contribution in [2.45, 2.75) is 6.54 Å². The van der Waals surface area contributed by atoms with Crippen LogP contribution in [0.15, 0.2) is 35.3 Å². The first kappa shape index (κ1) is 10.8. The van der Waals surface area contributed by atoms with Gasteiger partial charge in [-0.3, -0.25) is 4.98 Å². The van der Waals surface area contributed by atoms with Crippen LogP contribution in [-0.4, -0.2) is 35.6 Å². The number of quaternary nitrogens is 1. The molecule has 4 nitrogen and oxygen atoms in total. The summed E-state index contributed by atoms with van der Waals surface area (Å²) in [7, 11) is 6.38. The molecule has 2 aromatic rings. The van der Waals surface area contributed by atoms with Gasteiger partial charge in [0.1, 0.15) is 12.2 Å². The molecule has 0 N–H and O–H groups in total. The third-order valence-corrected chi connectivity index (χ3v) is 2.19. The summed E-state index contributed by atoms with van der Waals surface area (Å²) in [4.78, 5) is 8.35. The van der Waals surface area contributed by atoms with Crippen LogP contribution in [0.1, 0.15) is 5.69 Å². The minimum absolute atomic E-state index is 0.819. The van der Waals surface area contributed by atoms with Gasteiger partial charge in [0.05, 0.1) is 21.1 Å². The molecule has 0 saturated heterocycles. The highest BCUT2D eigenvalue weighted by atomic mass is 16.3. The fourth-order valence-electron chi connectivity index (χ4n) is 1.56. The number of aromatic nitrogens is 2.